The molecule has 1 aromatic rings. The number of imide groups is 1. The van der Waals surface area contributed by atoms with Crippen LogP contribution < -0.4 is 5.32 Å². The van der Waals surface area contributed by atoms with Crippen LogP contribution in [0, 0.1) is 0 Å². The van der Waals surface area contributed by atoms with Gasteiger partial charge in [-0.15, -0.1) is 0 Å². The van der Waals surface area contributed by atoms with E-state index < -0.39 is 12.0 Å². The number of benzene rings is 1. The van der Waals surface area contributed by atoms with E-state index in [2.05, 4.69) is 10.1 Å². The summed E-state index contributed by atoms with van der Waals surface area (Å²) < 4.78 is 4.63. The quantitative estimate of drug-likeness (QED) is 0.617. The highest BCUT2D eigenvalue weighted by Crippen LogP contribution is 2.22. The summed E-state index contributed by atoms with van der Waals surface area (Å²) in [5.41, 5.74) is 0.785. The Balaban J connectivity index is 1.96. The van der Waals surface area contributed by atoms with Crippen molar-refractivity contribution in [2.24, 2.45) is 0 Å². The van der Waals surface area contributed by atoms with Gasteiger partial charge in [0.15, 0.2) is 0 Å². The zero-order chi connectivity index (χ0) is 17.0. The zero-order valence-electron chi connectivity index (χ0n) is 13.0. The Morgan fingerprint density at radius 1 is 1.17 bits per heavy atom. The van der Waals surface area contributed by atoms with E-state index in [0.717, 1.165) is 4.90 Å². The van der Waals surface area contributed by atoms with Gasteiger partial charge in [0, 0.05) is 13.5 Å². The number of rotatable bonds is 6. The van der Waals surface area contributed by atoms with Crippen LogP contribution in [0.3, 0.4) is 0 Å². The summed E-state index contributed by atoms with van der Waals surface area (Å²) in [6, 6.07) is 5.86. The second kappa shape index (κ2) is 7.04. The van der Waals surface area contributed by atoms with E-state index in [1.165, 1.54) is 14.0 Å². The van der Waals surface area contributed by atoms with Crippen molar-refractivity contribution >= 4 is 23.7 Å². The molecular formula is C16H18N2O5. The Hall–Kier alpha value is -2.70. The number of carbonyl (C=O) groups is 4. The van der Waals surface area contributed by atoms with E-state index in [1.54, 1.807) is 24.3 Å². The van der Waals surface area contributed by atoms with Gasteiger partial charge in [-0.05, 0) is 25.0 Å². The number of nitrogens with zero attached hydrogens (tertiary/aromatic N) is 1. The predicted octanol–water partition coefficient (Wildman–Crippen LogP) is 0.740. The van der Waals surface area contributed by atoms with E-state index in [1.807, 2.05) is 0 Å². The zero-order valence-corrected chi connectivity index (χ0v) is 13.0. The molecule has 2 rings (SSSR count). The van der Waals surface area contributed by atoms with Gasteiger partial charge in [-0.25, -0.2) is 4.79 Å². The molecule has 23 heavy (non-hydrogen) atoms. The standard InChI is InChI=1S/C16H18N2O5/c1-10(19)17-13(16(22)23-2)8-5-9-18-14(20)11-6-3-4-7-12(11)15(18)21/h3-4,6-7,13H,5,8-9H2,1-2H3,(H,17,19)/t13-/m1/s1. The predicted molar refractivity (Wildman–Crippen MR) is 80.7 cm³/mol. The molecule has 1 atom stereocenters. The topological polar surface area (TPSA) is 92.8 Å². The number of methoxy groups -OCH3 is 1. The fraction of sp³-hybridized carbons (Fsp3) is 0.375. The van der Waals surface area contributed by atoms with E-state index in [0.29, 0.717) is 17.5 Å². The van der Waals surface area contributed by atoms with Crippen molar-refractivity contribution in [1.29, 1.82) is 0 Å². The van der Waals surface area contributed by atoms with Crippen LogP contribution in [-0.4, -0.2) is 48.3 Å². The lowest BCUT2D eigenvalue weighted by molar-refractivity contribution is -0.145. The van der Waals surface area contributed by atoms with Gasteiger partial charge in [-0.2, -0.15) is 0 Å². The van der Waals surface area contributed by atoms with Crippen molar-refractivity contribution in [3.63, 3.8) is 0 Å². The lowest BCUT2D eigenvalue weighted by Gasteiger charge is -2.18. The van der Waals surface area contributed by atoms with Crippen molar-refractivity contribution < 1.29 is 23.9 Å². The Morgan fingerprint density at radius 2 is 1.74 bits per heavy atom. The van der Waals surface area contributed by atoms with E-state index in [4.69, 9.17) is 0 Å². The second-order valence-electron chi connectivity index (χ2n) is 5.23. The van der Waals surface area contributed by atoms with Gasteiger partial charge in [-0.3, -0.25) is 19.3 Å². The summed E-state index contributed by atoms with van der Waals surface area (Å²) in [6.45, 7) is 1.49. The van der Waals surface area contributed by atoms with Crippen LogP contribution >= 0.6 is 0 Å². The molecule has 1 heterocycles. The smallest absolute Gasteiger partial charge is 0.328 e. The molecule has 0 bridgehead atoms. The summed E-state index contributed by atoms with van der Waals surface area (Å²) in [7, 11) is 1.24. The van der Waals surface area contributed by atoms with Crippen molar-refractivity contribution in [1.82, 2.24) is 10.2 Å². The van der Waals surface area contributed by atoms with Crippen LogP contribution in [0.4, 0.5) is 0 Å². The molecule has 0 aromatic heterocycles. The summed E-state index contributed by atoms with van der Waals surface area (Å²) in [5.74, 6) is -1.57. The minimum atomic E-state index is -0.785. The second-order valence-corrected chi connectivity index (χ2v) is 5.23. The highest BCUT2D eigenvalue weighted by molar-refractivity contribution is 6.21. The average molecular weight is 318 g/mol. The Bertz CT molecular complexity index is 621. The van der Waals surface area contributed by atoms with Gasteiger partial charge in [0.1, 0.15) is 6.04 Å². The number of carbonyl (C=O) groups excluding carboxylic acids is 4. The molecule has 1 aliphatic heterocycles. The van der Waals surface area contributed by atoms with E-state index in [9.17, 15) is 19.2 Å². The lowest BCUT2D eigenvalue weighted by Crippen LogP contribution is -2.41. The Labute approximate surface area is 133 Å². The number of amides is 3. The van der Waals surface area contributed by atoms with Gasteiger partial charge in [0.05, 0.1) is 18.2 Å². The van der Waals surface area contributed by atoms with Crippen molar-refractivity contribution in [2.75, 3.05) is 13.7 Å². The first-order chi connectivity index (χ1) is 11.0. The molecule has 0 radical (unpaired) electrons. The first-order valence-electron chi connectivity index (χ1n) is 7.26. The Kier molecular flexibility index (Phi) is 5.10. The molecule has 7 heteroatoms. The summed E-state index contributed by atoms with van der Waals surface area (Å²) >= 11 is 0. The molecule has 0 saturated heterocycles. The minimum absolute atomic E-state index is 0.180. The summed E-state index contributed by atoms with van der Waals surface area (Å²) in [6.07, 6.45) is 0.658. The van der Waals surface area contributed by atoms with Gasteiger partial charge in [0.2, 0.25) is 5.91 Å². The third kappa shape index (κ3) is 3.56. The number of nitrogens with one attached hydrogen (secondary N) is 1. The van der Waals surface area contributed by atoms with Crippen LogP contribution in [0.5, 0.6) is 0 Å². The molecular weight excluding hydrogens is 300 g/mol. The maximum Gasteiger partial charge on any atom is 0.328 e. The number of esters is 1. The molecule has 0 fully saturated rings. The molecule has 0 saturated carbocycles. The maximum atomic E-state index is 12.2. The fourth-order valence-electron chi connectivity index (χ4n) is 2.53. The van der Waals surface area contributed by atoms with Gasteiger partial charge >= 0.3 is 5.97 Å². The highest BCUT2D eigenvalue weighted by atomic mass is 16.5. The molecule has 0 aliphatic carbocycles. The minimum Gasteiger partial charge on any atom is -0.467 e. The first kappa shape index (κ1) is 16.7. The average Bonchev–Trinajstić information content (AvgIpc) is 2.78. The molecule has 0 unspecified atom stereocenters. The van der Waals surface area contributed by atoms with Gasteiger partial charge in [0.25, 0.3) is 11.8 Å². The van der Waals surface area contributed by atoms with E-state index >= 15 is 0 Å². The van der Waals surface area contributed by atoms with Crippen LogP contribution in [-0.2, 0) is 14.3 Å². The monoisotopic (exact) mass is 318 g/mol. The molecule has 1 aromatic carbocycles. The molecule has 3 amide bonds. The van der Waals surface area contributed by atoms with Crippen LogP contribution in [0.25, 0.3) is 0 Å². The third-order valence-corrected chi connectivity index (χ3v) is 3.62. The third-order valence-electron chi connectivity index (χ3n) is 3.62. The number of ether oxygens (including phenoxy) is 1. The molecule has 1 aliphatic rings. The molecule has 122 valence electrons. The summed E-state index contributed by atoms with van der Waals surface area (Å²) in [4.78, 5) is 48.3. The summed E-state index contributed by atoms with van der Waals surface area (Å²) in [5, 5.41) is 2.49. The van der Waals surface area contributed by atoms with Gasteiger partial charge < -0.3 is 10.1 Å². The van der Waals surface area contributed by atoms with Crippen molar-refractivity contribution in [3.8, 4) is 0 Å². The van der Waals surface area contributed by atoms with Crippen LogP contribution in [0.2, 0.25) is 0 Å². The number of fused-ring (bicyclic) bond motifs is 1. The number of hydrogen-bond donors (Lipinski definition) is 1. The normalized spacial score (nSPS) is 14.4. The van der Waals surface area contributed by atoms with Crippen molar-refractivity contribution in [3.05, 3.63) is 35.4 Å². The van der Waals surface area contributed by atoms with Crippen LogP contribution in [0.15, 0.2) is 24.3 Å². The molecule has 7 nitrogen and oxygen atoms in total. The highest BCUT2D eigenvalue weighted by Gasteiger charge is 2.34. The molecule has 1 N–H and O–H groups in total. The fourth-order valence-corrected chi connectivity index (χ4v) is 2.53. The van der Waals surface area contributed by atoms with E-state index in [-0.39, 0.29) is 30.7 Å². The first-order valence-corrected chi connectivity index (χ1v) is 7.26. The van der Waals surface area contributed by atoms with Crippen molar-refractivity contribution in [2.45, 2.75) is 25.8 Å². The lowest BCUT2D eigenvalue weighted by atomic mass is 10.1. The molecule has 0 spiro atoms. The number of hydrogen-bond acceptors (Lipinski definition) is 5. The SMILES string of the molecule is COC(=O)[C@@H](CCCN1C(=O)c2ccccc2C1=O)NC(C)=O. The maximum absolute atomic E-state index is 12.2. The Morgan fingerprint density at radius 3 is 2.22 bits per heavy atom. The van der Waals surface area contributed by atoms with Gasteiger partial charge in [-0.1, -0.05) is 12.1 Å². The largest absolute Gasteiger partial charge is 0.467 e. The van der Waals surface area contributed by atoms with Crippen LogP contribution in [0.1, 0.15) is 40.5 Å².